The first-order valence-electron chi connectivity index (χ1n) is 13.3. The number of nitrogens with zero attached hydrogens (tertiary/aromatic N) is 3. The van der Waals surface area contributed by atoms with Crippen molar-refractivity contribution in [2.75, 3.05) is 49.1 Å². The highest BCUT2D eigenvalue weighted by Gasteiger charge is 2.33. The molecule has 206 valence electrons. The summed E-state index contributed by atoms with van der Waals surface area (Å²) in [6.45, 7) is 3.75. The van der Waals surface area contributed by atoms with E-state index in [-0.39, 0.29) is 24.9 Å². The van der Waals surface area contributed by atoms with Gasteiger partial charge in [0.15, 0.2) is 0 Å². The molecule has 5 rings (SSSR count). The number of cyclic esters (lactones) is 1. The van der Waals surface area contributed by atoms with Gasteiger partial charge in [-0.15, -0.1) is 0 Å². The van der Waals surface area contributed by atoms with Gasteiger partial charge in [-0.1, -0.05) is 54.6 Å². The van der Waals surface area contributed by atoms with Gasteiger partial charge in [0.05, 0.1) is 24.5 Å². The molecule has 9 heteroatoms. The first kappa shape index (κ1) is 26.9. The first-order valence-corrected chi connectivity index (χ1v) is 13.3. The van der Waals surface area contributed by atoms with Crippen molar-refractivity contribution in [2.24, 2.45) is 0 Å². The first-order chi connectivity index (χ1) is 19.4. The molecule has 3 aromatic rings. The van der Waals surface area contributed by atoms with Gasteiger partial charge in [-0.3, -0.25) is 14.5 Å². The number of carbonyl (C=O) groups excluding carboxylic acids is 3. The molecule has 0 aliphatic carbocycles. The Labute approximate surface area is 232 Å². The van der Waals surface area contributed by atoms with Gasteiger partial charge in [0, 0.05) is 39.2 Å². The minimum absolute atomic E-state index is 0.0797. The number of amides is 3. The molecule has 0 radical (unpaired) electrons. The molecular formula is C31H31FN4O4. The second kappa shape index (κ2) is 12.0. The quantitative estimate of drug-likeness (QED) is 0.450. The number of anilines is 2. The highest BCUT2D eigenvalue weighted by molar-refractivity contribution is 5.92. The lowest BCUT2D eigenvalue weighted by Crippen LogP contribution is -2.48. The Morgan fingerprint density at radius 1 is 0.975 bits per heavy atom. The maximum Gasteiger partial charge on any atom is 0.414 e. The van der Waals surface area contributed by atoms with Gasteiger partial charge in [0.2, 0.25) is 11.8 Å². The highest BCUT2D eigenvalue weighted by atomic mass is 19.1. The summed E-state index contributed by atoms with van der Waals surface area (Å²) in [7, 11) is 0. The second-order valence-corrected chi connectivity index (χ2v) is 9.82. The van der Waals surface area contributed by atoms with E-state index < -0.39 is 18.0 Å². The predicted molar refractivity (Wildman–Crippen MR) is 152 cm³/mol. The summed E-state index contributed by atoms with van der Waals surface area (Å²) in [6, 6.07) is 22.8. The molecule has 3 amide bonds. The summed E-state index contributed by atoms with van der Waals surface area (Å²) in [5, 5.41) is 2.62. The van der Waals surface area contributed by atoms with Crippen LogP contribution in [0, 0.1) is 5.82 Å². The van der Waals surface area contributed by atoms with Crippen LogP contribution in [0.25, 0.3) is 17.2 Å². The molecule has 2 fully saturated rings. The molecule has 1 atom stereocenters. The molecule has 2 aliphatic rings. The molecule has 1 N–H and O–H groups in total. The predicted octanol–water partition coefficient (Wildman–Crippen LogP) is 4.32. The average molecular weight is 543 g/mol. The number of benzene rings is 3. The van der Waals surface area contributed by atoms with Gasteiger partial charge < -0.3 is 19.9 Å². The van der Waals surface area contributed by atoms with Crippen LogP contribution in [-0.4, -0.2) is 68.2 Å². The number of carbonyl (C=O) groups is 3. The SMILES string of the molecule is CC(=O)NC[C@H]1CN(c2ccc(N3CCN(C(=O)C=Cc4ccc(-c5ccccc5)cc4)CC3)c(F)c2)C(=O)O1. The molecular weight excluding hydrogens is 511 g/mol. The Morgan fingerprint density at radius 2 is 1.68 bits per heavy atom. The molecule has 3 aromatic carbocycles. The molecule has 2 saturated heterocycles. The number of piperazine rings is 1. The van der Waals surface area contributed by atoms with Gasteiger partial charge in [-0.2, -0.15) is 0 Å². The van der Waals surface area contributed by atoms with Crippen LogP contribution in [0.1, 0.15) is 12.5 Å². The van der Waals surface area contributed by atoms with Crippen molar-refractivity contribution in [3.05, 3.63) is 90.3 Å². The lowest BCUT2D eigenvalue weighted by Gasteiger charge is -2.36. The molecule has 2 heterocycles. The van der Waals surface area contributed by atoms with Crippen LogP contribution in [-0.2, 0) is 14.3 Å². The highest BCUT2D eigenvalue weighted by Crippen LogP contribution is 2.28. The van der Waals surface area contributed by atoms with Crippen molar-refractivity contribution < 1.29 is 23.5 Å². The Kier molecular flexibility index (Phi) is 8.10. The smallest absolute Gasteiger partial charge is 0.414 e. The molecule has 0 saturated carbocycles. The summed E-state index contributed by atoms with van der Waals surface area (Å²) < 4.78 is 20.4. The van der Waals surface area contributed by atoms with Crippen molar-refractivity contribution in [1.29, 1.82) is 0 Å². The number of hydrogen-bond acceptors (Lipinski definition) is 5. The van der Waals surface area contributed by atoms with Crippen LogP contribution < -0.4 is 15.1 Å². The van der Waals surface area contributed by atoms with Gasteiger partial charge in [-0.05, 0) is 41.0 Å². The molecule has 2 aliphatic heterocycles. The monoisotopic (exact) mass is 542 g/mol. The number of rotatable bonds is 7. The lowest BCUT2D eigenvalue weighted by atomic mass is 10.0. The van der Waals surface area contributed by atoms with E-state index in [0.717, 1.165) is 16.7 Å². The summed E-state index contributed by atoms with van der Waals surface area (Å²) in [4.78, 5) is 41.2. The number of ether oxygens (including phenoxy) is 1. The average Bonchev–Trinajstić information content (AvgIpc) is 3.36. The van der Waals surface area contributed by atoms with E-state index in [9.17, 15) is 14.4 Å². The van der Waals surface area contributed by atoms with E-state index in [0.29, 0.717) is 37.6 Å². The normalized spacial score (nSPS) is 17.3. The third kappa shape index (κ3) is 6.31. The van der Waals surface area contributed by atoms with Crippen LogP contribution >= 0.6 is 0 Å². The Morgan fingerprint density at radius 3 is 2.35 bits per heavy atom. The zero-order chi connectivity index (χ0) is 28.1. The number of hydrogen-bond donors (Lipinski definition) is 1. The van der Waals surface area contributed by atoms with Crippen LogP contribution in [0.5, 0.6) is 0 Å². The zero-order valence-electron chi connectivity index (χ0n) is 22.3. The Bertz CT molecular complexity index is 1400. The number of nitrogens with one attached hydrogen (secondary N) is 1. The van der Waals surface area contributed by atoms with Crippen molar-refractivity contribution in [2.45, 2.75) is 13.0 Å². The maximum atomic E-state index is 15.1. The van der Waals surface area contributed by atoms with Gasteiger partial charge in [0.1, 0.15) is 11.9 Å². The van der Waals surface area contributed by atoms with E-state index in [1.54, 1.807) is 23.1 Å². The van der Waals surface area contributed by atoms with E-state index in [4.69, 9.17) is 4.74 Å². The van der Waals surface area contributed by atoms with Gasteiger partial charge >= 0.3 is 6.09 Å². The van der Waals surface area contributed by atoms with Crippen LogP contribution in [0.4, 0.5) is 20.6 Å². The van der Waals surface area contributed by atoms with Crippen molar-refractivity contribution in [1.82, 2.24) is 10.2 Å². The summed E-state index contributed by atoms with van der Waals surface area (Å²) in [6.07, 6.45) is 2.32. The molecule has 40 heavy (non-hydrogen) atoms. The molecule has 0 aromatic heterocycles. The van der Waals surface area contributed by atoms with Crippen molar-refractivity contribution in [3.8, 4) is 11.1 Å². The zero-order valence-corrected chi connectivity index (χ0v) is 22.3. The Balaban J connectivity index is 1.14. The third-order valence-corrected chi connectivity index (χ3v) is 7.06. The van der Waals surface area contributed by atoms with E-state index >= 15 is 4.39 Å². The van der Waals surface area contributed by atoms with Crippen LogP contribution in [0.3, 0.4) is 0 Å². The van der Waals surface area contributed by atoms with Crippen molar-refractivity contribution in [3.63, 3.8) is 0 Å². The molecule has 0 bridgehead atoms. The molecule has 0 unspecified atom stereocenters. The minimum Gasteiger partial charge on any atom is -0.442 e. The Hall–Kier alpha value is -4.66. The minimum atomic E-state index is -0.574. The van der Waals surface area contributed by atoms with E-state index in [1.165, 1.54) is 17.9 Å². The van der Waals surface area contributed by atoms with Crippen LogP contribution in [0.2, 0.25) is 0 Å². The lowest BCUT2D eigenvalue weighted by molar-refractivity contribution is -0.126. The van der Waals surface area contributed by atoms with Gasteiger partial charge in [-0.25, -0.2) is 9.18 Å². The fraction of sp³-hybridized carbons (Fsp3) is 0.258. The molecule has 8 nitrogen and oxygen atoms in total. The van der Waals surface area contributed by atoms with E-state index in [1.807, 2.05) is 53.4 Å². The second-order valence-electron chi connectivity index (χ2n) is 9.82. The fourth-order valence-electron chi connectivity index (χ4n) is 4.87. The summed E-state index contributed by atoms with van der Waals surface area (Å²) in [5.74, 6) is -0.741. The number of halogens is 1. The summed E-state index contributed by atoms with van der Waals surface area (Å²) >= 11 is 0. The standard InChI is InChI=1S/C31H31FN4O4/c1-22(37)33-20-27-21-36(31(39)40-27)26-12-13-29(28(32)19-26)34-15-17-35(18-16-34)30(38)14-9-23-7-10-25(11-8-23)24-5-3-2-4-6-24/h2-14,19,27H,15-18,20-21H2,1H3,(H,33,37)/t27-/m0/s1. The van der Waals surface area contributed by atoms with E-state index in [2.05, 4.69) is 17.4 Å². The van der Waals surface area contributed by atoms with Crippen molar-refractivity contribution >= 4 is 35.4 Å². The summed E-state index contributed by atoms with van der Waals surface area (Å²) in [5.41, 5.74) is 4.02. The fourth-order valence-corrected chi connectivity index (χ4v) is 4.87. The maximum absolute atomic E-state index is 15.1. The third-order valence-electron chi connectivity index (χ3n) is 7.06. The largest absolute Gasteiger partial charge is 0.442 e. The molecule has 0 spiro atoms. The van der Waals surface area contributed by atoms with Crippen LogP contribution in [0.15, 0.2) is 78.9 Å². The van der Waals surface area contributed by atoms with Gasteiger partial charge in [0.25, 0.3) is 0 Å². The topological polar surface area (TPSA) is 82.2 Å².